The van der Waals surface area contributed by atoms with Gasteiger partial charge in [-0.1, -0.05) is 48.7 Å². The number of nitrogens with zero attached hydrogens (tertiary/aromatic N) is 1. The molecule has 0 unspecified atom stereocenters. The van der Waals surface area contributed by atoms with Crippen LogP contribution in [0.2, 0.25) is 5.02 Å². The molecule has 2 aromatic carbocycles. The Balaban J connectivity index is 1.75. The number of hydrogen-bond donors (Lipinski definition) is 1. The molecule has 1 aliphatic rings. The van der Waals surface area contributed by atoms with Crippen molar-refractivity contribution in [2.75, 3.05) is 19.4 Å². The van der Waals surface area contributed by atoms with Crippen LogP contribution in [0, 0.1) is 0 Å². The van der Waals surface area contributed by atoms with Gasteiger partial charge < -0.3 is 10.2 Å². The van der Waals surface area contributed by atoms with Crippen LogP contribution in [0.25, 0.3) is 0 Å². The van der Waals surface area contributed by atoms with E-state index in [0.717, 1.165) is 42.5 Å². The maximum atomic E-state index is 13.2. The van der Waals surface area contributed by atoms with Crippen LogP contribution in [-0.4, -0.2) is 30.8 Å². The zero-order valence-electron chi connectivity index (χ0n) is 15.8. The van der Waals surface area contributed by atoms with Gasteiger partial charge in [-0.2, -0.15) is 0 Å². The van der Waals surface area contributed by atoms with Gasteiger partial charge >= 0.3 is 0 Å². The summed E-state index contributed by atoms with van der Waals surface area (Å²) in [7, 11) is 3.49. The maximum absolute atomic E-state index is 13.2. The lowest BCUT2D eigenvalue weighted by molar-refractivity contribution is -0.128. The van der Waals surface area contributed by atoms with Gasteiger partial charge in [-0.15, -0.1) is 0 Å². The van der Waals surface area contributed by atoms with E-state index in [0.29, 0.717) is 11.4 Å². The highest BCUT2D eigenvalue weighted by Crippen LogP contribution is 2.42. The van der Waals surface area contributed by atoms with Crippen LogP contribution in [0.15, 0.2) is 48.5 Å². The van der Waals surface area contributed by atoms with Crippen molar-refractivity contribution in [1.29, 1.82) is 0 Å². The van der Waals surface area contributed by atoms with Crippen molar-refractivity contribution in [3.63, 3.8) is 0 Å². The molecule has 5 heteroatoms. The molecule has 0 aromatic heterocycles. The number of rotatable bonds is 5. The van der Waals surface area contributed by atoms with Crippen LogP contribution in [-0.2, 0) is 21.4 Å². The Hall–Kier alpha value is -2.33. The van der Waals surface area contributed by atoms with Gasteiger partial charge in [-0.3, -0.25) is 9.59 Å². The van der Waals surface area contributed by atoms with Crippen LogP contribution in [0.4, 0.5) is 5.69 Å². The molecular formula is C22H25ClN2O2. The molecule has 0 radical (unpaired) electrons. The zero-order chi connectivity index (χ0) is 19.4. The molecular weight excluding hydrogens is 360 g/mol. The van der Waals surface area contributed by atoms with Crippen LogP contribution in [0.5, 0.6) is 0 Å². The van der Waals surface area contributed by atoms with Crippen LogP contribution in [0.1, 0.15) is 36.8 Å². The Labute approximate surface area is 165 Å². The van der Waals surface area contributed by atoms with Crippen molar-refractivity contribution < 1.29 is 9.59 Å². The molecule has 2 amide bonds. The lowest BCUT2D eigenvalue weighted by Crippen LogP contribution is -2.37. The Kier molecular flexibility index (Phi) is 5.85. The van der Waals surface area contributed by atoms with E-state index in [9.17, 15) is 9.59 Å². The lowest BCUT2D eigenvalue weighted by Gasteiger charge is -2.28. The topological polar surface area (TPSA) is 49.4 Å². The minimum Gasteiger partial charge on any atom is -0.349 e. The van der Waals surface area contributed by atoms with Gasteiger partial charge in [0.25, 0.3) is 0 Å². The van der Waals surface area contributed by atoms with Gasteiger partial charge in [0.2, 0.25) is 11.8 Å². The van der Waals surface area contributed by atoms with Gasteiger partial charge in [0.05, 0.1) is 11.8 Å². The van der Waals surface area contributed by atoms with Gasteiger partial charge in [0, 0.05) is 24.8 Å². The average Bonchev–Trinajstić information content (AvgIpc) is 3.15. The average molecular weight is 385 g/mol. The molecule has 0 aliphatic heterocycles. The normalized spacial score (nSPS) is 15.4. The molecule has 2 aromatic rings. The van der Waals surface area contributed by atoms with Crippen molar-refractivity contribution in [3.05, 3.63) is 64.7 Å². The first kappa shape index (κ1) is 19.4. The van der Waals surface area contributed by atoms with E-state index in [1.54, 1.807) is 19.0 Å². The Morgan fingerprint density at radius 3 is 2.15 bits per heavy atom. The minimum absolute atomic E-state index is 0.0273. The first-order chi connectivity index (χ1) is 12.9. The van der Waals surface area contributed by atoms with Crippen molar-refractivity contribution in [2.24, 2.45) is 0 Å². The van der Waals surface area contributed by atoms with Crippen LogP contribution < -0.4 is 5.32 Å². The second-order valence-electron chi connectivity index (χ2n) is 7.41. The number of nitrogens with one attached hydrogen (secondary N) is 1. The monoisotopic (exact) mass is 384 g/mol. The highest BCUT2D eigenvalue weighted by molar-refractivity contribution is 6.30. The summed E-state index contributed by atoms with van der Waals surface area (Å²) in [5.74, 6) is 0.0823. The van der Waals surface area contributed by atoms with Crippen molar-refractivity contribution >= 4 is 29.1 Å². The molecule has 4 nitrogen and oxygen atoms in total. The van der Waals surface area contributed by atoms with Gasteiger partial charge in [-0.05, 0) is 48.2 Å². The number of carbonyl (C=O) groups is 2. The number of amides is 2. The zero-order valence-corrected chi connectivity index (χ0v) is 16.6. The fraction of sp³-hybridized carbons (Fsp3) is 0.364. The highest BCUT2D eigenvalue weighted by atomic mass is 35.5. The summed E-state index contributed by atoms with van der Waals surface area (Å²) >= 11 is 6.02. The molecule has 0 atom stereocenters. The largest absolute Gasteiger partial charge is 0.349 e. The van der Waals surface area contributed by atoms with Crippen LogP contribution >= 0.6 is 11.6 Å². The maximum Gasteiger partial charge on any atom is 0.235 e. The van der Waals surface area contributed by atoms with E-state index in [4.69, 9.17) is 11.6 Å². The number of likely N-dealkylation sites (N-methyl/N-ethyl adjacent to an activating group) is 1. The molecule has 3 rings (SSSR count). The second-order valence-corrected chi connectivity index (χ2v) is 7.85. The third kappa shape index (κ3) is 4.33. The van der Waals surface area contributed by atoms with E-state index < -0.39 is 5.41 Å². The van der Waals surface area contributed by atoms with E-state index in [-0.39, 0.29) is 11.8 Å². The van der Waals surface area contributed by atoms with Crippen molar-refractivity contribution in [1.82, 2.24) is 4.90 Å². The second kappa shape index (κ2) is 8.13. The standard InChI is InChI=1S/C22H25ClN2O2/c1-25(2)20(26)15-16-5-11-19(12-6-16)24-21(27)22(13-3-4-14-22)17-7-9-18(23)10-8-17/h5-12H,3-4,13-15H2,1-2H3,(H,24,27). The smallest absolute Gasteiger partial charge is 0.235 e. The molecule has 0 spiro atoms. The predicted molar refractivity (Wildman–Crippen MR) is 109 cm³/mol. The molecule has 1 aliphatic carbocycles. The highest BCUT2D eigenvalue weighted by Gasteiger charge is 2.42. The van der Waals surface area contributed by atoms with Gasteiger partial charge in [-0.25, -0.2) is 0 Å². The number of benzene rings is 2. The third-order valence-corrected chi connectivity index (χ3v) is 5.61. The summed E-state index contributed by atoms with van der Waals surface area (Å²) in [5.41, 5.74) is 2.21. The van der Waals surface area contributed by atoms with Gasteiger partial charge in [0.1, 0.15) is 0 Å². The SMILES string of the molecule is CN(C)C(=O)Cc1ccc(NC(=O)C2(c3ccc(Cl)cc3)CCCC2)cc1. The fourth-order valence-electron chi connectivity index (χ4n) is 3.68. The quantitative estimate of drug-likeness (QED) is 0.829. The predicted octanol–water partition coefficient (Wildman–Crippen LogP) is 4.42. The molecule has 142 valence electrons. The Bertz CT molecular complexity index is 807. The minimum atomic E-state index is -0.496. The summed E-state index contributed by atoms with van der Waals surface area (Å²) < 4.78 is 0. The molecule has 0 bridgehead atoms. The number of hydrogen-bond acceptors (Lipinski definition) is 2. The van der Waals surface area contributed by atoms with Crippen molar-refractivity contribution in [3.8, 4) is 0 Å². The fourth-order valence-corrected chi connectivity index (χ4v) is 3.81. The summed E-state index contributed by atoms with van der Waals surface area (Å²) in [6.45, 7) is 0. The van der Waals surface area contributed by atoms with Gasteiger partial charge in [0.15, 0.2) is 0 Å². The lowest BCUT2D eigenvalue weighted by atomic mass is 9.78. The number of anilines is 1. The van der Waals surface area contributed by atoms with E-state index >= 15 is 0 Å². The van der Waals surface area contributed by atoms with E-state index in [1.807, 2.05) is 48.5 Å². The molecule has 1 saturated carbocycles. The number of carbonyl (C=O) groups excluding carboxylic acids is 2. The molecule has 1 N–H and O–H groups in total. The van der Waals surface area contributed by atoms with Crippen LogP contribution in [0.3, 0.4) is 0 Å². The third-order valence-electron chi connectivity index (χ3n) is 5.35. The molecule has 0 saturated heterocycles. The summed E-state index contributed by atoms with van der Waals surface area (Å²) in [6.07, 6.45) is 4.13. The molecule has 1 fully saturated rings. The van der Waals surface area contributed by atoms with E-state index in [1.165, 1.54) is 0 Å². The number of halogens is 1. The van der Waals surface area contributed by atoms with Crippen molar-refractivity contribution in [2.45, 2.75) is 37.5 Å². The Morgan fingerprint density at radius 2 is 1.59 bits per heavy atom. The summed E-state index contributed by atoms with van der Waals surface area (Å²) in [4.78, 5) is 26.6. The summed E-state index contributed by atoms with van der Waals surface area (Å²) in [5, 5.41) is 3.75. The Morgan fingerprint density at radius 1 is 1.00 bits per heavy atom. The summed E-state index contributed by atoms with van der Waals surface area (Å²) in [6, 6.07) is 15.1. The molecule has 27 heavy (non-hydrogen) atoms. The first-order valence-electron chi connectivity index (χ1n) is 9.27. The molecule has 0 heterocycles. The first-order valence-corrected chi connectivity index (χ1v) is 9.65. The van der Waals surface area contributed by atoms with E-state index in [2.05, 4.69) is 5.32 Å².